The molecule has 0 aliphatic rings. The third-order valence-electron chi connectivity index (χ3n) is 3.55. The molecule has 8 nitrogen and oxygen atoms in total. The van der Waals surface area contributed by atoms with Gasteiger partial charge in [-0.05, 0) is 31.2 Å². The Morgan fingerprint density at radius 3 is 2.46 bits per heavy atom. The van der Waals surface area contributed by atoms with Gasteiger partial charge in [0.05, 0.1) is 19.8 Å². The van der Waals surface area contributed by atoms with Gasteiger partial charge in [0.2, 0.25) is 0 Å². The summed E-state index contributed by atoms with van der Waals surface area (Å²) in [6.07, 6.45) is 1.48. The molecule has 2 N–H and O–H groups in total. The summed E-state index contributed by atoms with van der Waals surface area (Å²) in [5.41, 5.74) is 1.19. The number of nitrogens with zero attached hydrogens (tertiary/aromatic N) is 2. The zero-order valence-corrected chi connectivity index (χ0v) is 14.6. The second-order valence-corrected chi connectivity index (χ2v) is 5.40. The Kier molecular flexibility index (Phi) is 5.02. The minimum atomic E-state index is -0.316. The van der Waals surface area contributed by atoms with Crippen molar-refractivity contribution in [3.8, 4) is 11.5 Å². The molecule has 0 saturated carbocycles. The van der Waals surface area contributed by atoms with Gasteiger partial charge in [-0.15, -0.1) is 0 Å². The van der Waals surface area contributed by atoms with Crippen LogP contribution in [0.25, 0.3) is 0 Å². The number of hydrogen-bond donors (Lipinski definition) is 2. The number of aryl methyl sites for hydroxylation is 1. The smallest absolute Gasteiger partial charge is 0.258 e. The first kappa shape index (κ1) is 17.3. The van der Waals surface area contributed by atoms with E-state index in [1.807, 2.05) is 6.07 Å². The summed E-state index contributed by atoms with van der Waals surface area (Å²) in [5.74, 6) is 2.50. The lowest BCUT2D eigenvalue weighted by Crippen LogP contribution is -2.12. The molecule has 3 rings (SSSR count). The predicted molar refractivity (Wildman–Crippen MR) is 96.3 cm³/mol. The van der Waals surface area contributed by atoms with Gasteiger partial charge in [-0.25, -0.2) is 4.98 Å². The number of methoxy groups -OCH3 is 2. The maximum Gasteiger partial charge on any atom is 0.258 e. The monoisotopic (exact) mass is 354 g/mol. The number of pyridine rings is 1. The topological polar surface area (TPSA) is 98.5 Å². The van der Waals surface area contributed by atoms with E-state index in [0.717, 1.165) is 5.69 Å². The molecule has 0 unspecified atom stereocenters. The van der Waals surface area contributed by atoms with E-state index in [9.17, 15) is 4.79 Å². The van der Waals surface area contributed by atoms with Gasteiger partial charge in [0, 0.05) is 24.0 Å². The SMILES string of the molecule is COc1ccc(Nc2ccc(C(=O)Nc3cc(C)on3)cn2)cc1OC. The van der Waals surface area contributed by atoms with Crippen molar-refractivity contribution < 1.29 is 18.8 Å². The average Bonchev–Trinajstić information content (AvgIpc) is 3.06. The number of benzene rings is 1. The Morgan fingerprint density at radius 2 is 1.85 bits per heavy atom. The van der Waals surface area contributed by atoms with Gasteiger partial charge < -0.3 is 24.6 Å². The molecule has 0 radical (unpaired) electrons. The van der Waals surface area contributed by atoms with Gasteiger partial charge in [-0.3, -0.25) is 4.79 Å². The number of anilines is 3. The second-order valence-electron chi connectivity index (χ2n) is 5.40. The Hall–Kier alpha value is -3.55. The molecule has 0 bridgehead atoms. The van der Waals surface area contributed by atoms with E-state index in [4.69, 9.17) is 14.0 Å². The van der Waals surface area contributed by atoms with Crippen LogP contribution >= 0.6 is 0 Å². The van der Waals surface area contributed by atoms with Crippen LogP contribution in [0.3, 0.4) is 0 Å². The molecular weight excluding hydrogens is 336 g/mol. The Bertz CT molecular complexity index is 906. The third-order valence-corrected chi connectivity index (χ3v) is 3.55. The summed E-state index contributed by atoms with van der Waals surface area (Å²) in [6, 6.07) is 10.4. The Balaban J connectivity index is 1.68. The Morgan fingerprint density at radius 1 is 1.04 bits per heavy atom. The van der Waals surface area contributed by atoms with Gasteiger partial charge in [0.1, 0.15) is 11.6 Å². The molecule has 2 heterocycles. The summed E-state index contributed by atoms with van der Waals surface area (Å²) in [4.78, 5) is 16.4. The van der Waals surface area contributed by atoms with Gasteiger partial charge in [-0.2, -0.15) is 0 Å². The van der Waals surface area contributed by atoms with Crippen molar-refractivity contribution in [2.45, 2.75) is 6.92 Å². The largest absolute Gasteiger partial charge is 0.493 e. The fourth-order valence-corrected chi connectivity index (χ4v) is 2.28. The quantitative estimate of drug-likeness (QED) is 0.700. The van der Waals surface area contributed by atoms with Crippen LogP contribution < -0.4 is 20.1 Å². The average molecular weight is 354 g/mol. The number of ether oxygens (including phenoxy) is 2. The van der Waals surface area contributed by atoms with Gasteiger partial charge >= 0.3 is 0 Å². The van der Waals surface area contributed by atoms with Crippen molar-refractivity contribution in [2.24, 2.45) is 0 Å². The van der Waals surface area contributed by atoms with E-state index in [1.165, 1.54) is 6.20 Å². The van der Waals surface area contributed by atoms with Crippen LogP contribution in [0.2, 0.25) is 0 Å². The molecule has 8 heteroatoms. The van der Waals surface area contributed by atoms with E-state index in [2.05, 4.69) is 20.8 Å². The fourth-order valence-electron chi connectivity index (χ4n) is 2.28. The highest BCUT2D eigenvalue weighted by Gasteiger charge is 2.10. The van der Waals surface area contributed by atoms with E-state index < -0.39 is 0 Å². The minimum Gasteiger partial charge on any atom is -0.493 e. The fraction of sp³-hybridized carbons (Fsp3) is 0.167. The number of rotatable bonds is 6. The molecule has 134 valence electrons. The number of carbonyl (C=O) groups excluding carboxylic acids is 1. The maximum absolute atomic E-state index is 12.2. The summed E-state index contributed by atoms with van der Waals surface area (Å²) in [5, 5.41) is 9.51. The number of aromatic nitrogens is 2. The van der Waals surface area contributed by atoms with Crippen LogP contribution in [0, 0.1) is 6.92 Å². The number of amides is 1. The lowest BCUT2D eigenvalue weighted by Gasteiger charge is -2.11. The van der Waals surface area contributed by atoms with Crippen molar-refractivity contribution >= 4 is 23.2 Å². The van der Waals surface area contributed by atoms with E-state index in [0.29, 0.717) is 34.5 Å². The minimum absolute atomic E-state index is 0.316. The molecule has 2 aromatic heterocycles. The standard InChI is InChI=1S/C18H18N4O4/c1-11-8-17(22-26-11)21-18(23)12-4-7-16(19-10-12)20-13-5-6-14(24-2)15(9-13)25-3/h4-10H,1-3H3,(H,19,20)(H,21,22,23). The maximum atomic E-state index is 12.2. The van der Waals surface area contributed by atoms with E-state index in [1.54, 1.807) is 51.5 Å². The molecule has 1 amide bonds. The van der Waals surface area contributed by atoms with Crippen molar-refractivity contribution in [1.29, 1.82) is 0 Å². The van der Waals surface area contributed by atoms with Crippen LogP contribution in [0.5, 0.6) is 11.5 Å². The molecule has 0 aliphatic heterocycles. The number of carbonyl (C=O) groups is 1. The summed E-state index contributed by atoms with van der Waals surface area (Å²) in [6.45, 7) is 1.75. The highest BCUT2D eigenvalue weighted by Crippen LogP contribution is 2.30. The van der Waals surface area contributed by atoms with Gasteiger partial charge in [0.25, 0.3) is 5.91 Å². The normalized spacial score (nSPS) is 10.3. The van der Waals surface area contributed by atoms with E-state index in [-0.39, 0.29) is 5.91 Å². The molecule has 1 aromatic carbocycles. The lowest BCUT2D eigenvalue weighted by atomic mass is 10.2. The molecule has 3 aromatic rings. The zero-order chi connectivity index (χ0) is 18.5. The summed E-state index contributed by atoms with van der Waals surface area (Å²) < 4.78 is 15.4. The molecule has 0 spiro atoms. The summed E-state index contributed by atoms with van der Waals surface area (Å²) in [7, 11) is 3.15. The van der Waals surface area contributed by atoms with Crippen LogP contribution in [0.4, 0.5) is 17.3 Å². The molecule has 26 heavy (non-hydrogen) atoms. The summed E-state index contributed by atoms with van der Waals surface area (Å²) >= 11 is 0. The van der Waals surface area contributed by atoms with Gasteiger partial charge in [0.15, 0.2) is 17.3 Å². The highest BCUT2D eigenvalue weighted by molar-refractivity contribution is 6.03. The lowest BCUT2D eigenvalue weighted by molar-refractivity contribution is 0.102. The van der Waals surface area contributed by atoms with Crippen molar-refractivity contribution in [3.63, 3.8) is 0 Å². The van der Waals surface area contributed by atoms with Gasteiger partial charge in [-0.1, -0.05) is 5.16 Å². The first-order valence-electron chi connectivity index (χ1n) is 7.79. The first-order chi connectivity index (χ1) is 12.6. The second kappa shape index (κ2) is 7.56. The van der Waals surface area contributed by atoms with Crippen LogP contribution in [0.15, 0.2) is 47.1 Å². The van der Waals surface area contributed by atoms with Crippen molar-refractivity contribution in [1.82, 2.24) is 10.1 Å². The highest BCUT2D eigenvalue weighted by atomic mass is 16.5. The van der Waals surface area contributed by atoms with Crippen LogP contribution in [0.1, 0.15) is 16.1 Å². The molecule has 0 saturated heterocycles. The van der Waals surface area contributed by atoms with E-state index >= 15 is 0 Å². The molecule has 0 atom stereocenters. The first-order valence-corrected chi connectivity index (χ1v) is 7.79. The third kappa shape index (κ3) is 3.92. The zero-order valence-electron chi connectivity index (χ0n) is 14.6. The number of hydrogen-bond acceptors (Lipinski definition) is 7. The van der Waals surface area contributed by atoms with Crippen LogP contribution in [-0.2, 0) is 0 Å². The molecule has 0 aliphatic carbocycles. The Labute approximate surface area is 150 Å². The molecule has 0 fully saturated rings. The predicted octanol–water partition coefficient (Wildman–Crippen LogP) is 3.39. The number of nitrogens with one attached hydrogen (secondary N) is 2. The molecular formula is C18H18N4O4. The van der Waals surface area contributed by atoms with Crippen molar-refractivity contribution in [2.75, 3.05) is 24.9 Å². The van der Waals surface area contributed by atoms with Crippen molar-refractivity contribution in [3.05, 3.63) is 53.9 Å². The van der Waals surface area contributed by atoms with Crippen LogP contribution in [-0.4, -0.2) is 30.3 Å².